The summed E-state index contributed by atoms with van der Waals surface area (Å²) < 4.78 is 10.8. The fourth-order valence-corrected chi connectivity index (χ4v) is 3.37. The summed E-state index contributed by atoms with van der Waals surface area (Å²) in [6, 6.07) is 14.3. The van der Waals surface area contributed by atoms with Crippen LogP contribution in [0.2, 0.25) is 5.02 Å². The standard InChI is InChI=1S/C20H15ClN4O3S/c21-14-3-7-17(8-4-14)27-10-19-24-16(11-29-19)9-18(26)23-15-5-1-13(2-6-15)20-25-22-12-28-20/h1-8,11-12H,9-10H2,(H,23,26). The van der Waals surface area contributed by atoms with Gasteiger partial charge >= 0.3 is 0 Å². The SMILES string of the molecule is O=C(Cc1csc(COc2ccc(Cl)cc2)n1)Nc1ccc(-c2nnco2)cc1. The Labute approximate surface area is 175 Å². The lowest BCUT2D eigenvalue weighted by Gasteiger charge is -2.05. The molecular weight excluding hydrogens is 412 g/mol. The number of nitrogens with zero attached hydrogens (tertiary/aromatic N) is 3. The minimum atomic E-state index is -0.147. The zero-order chi connectivity index (χ0) is 20.1. The molecule has 2 heterocycles. The number of amides is 1. The molecule has 0 aliphatic rings. The summed E-state index contributed by atoms with van der Waals surface area (Å²) >= 11 is 7.31. The lowest BCUT2D eigenvalue weighted by molar-refractivity contribution is -0.115. The van der Waals surface area contributed by atoms with Crippen LogP contribution in [-0.2, 0) is 17.8 Å². The Morgan fingerprint density at radius 1 is 1.14 bits per heavy atom. The van der Waals surface area contributed by atoms with Gasteiger partial charge in [0.15, 0.2) is 0 Å². The minimum Gasteiger partial charge on any atom is -0.486 e. The van der Waals surface area contributed by atoms with Gasteiger partial charge in [-0.15, -0.1) is 21.5 Å². The monoisotopic (exact) mass is 426 g/mol. The second kappa shape index (κ2) is 8.85. The van der Waals surface area contributed by atoms with Crippen molar-refractivity contribution >= 4 is 34.5 Å². The van der Waals surface area contributed by atoms with Crippen LogP contribution in [0.1, 0.15) is 10.7 Å². The molecule has 0 unspecified atom stereocenters. The predicted molar refractivity (Wildman–Crippen MR) is 110 cm³/mol. The van der Waals surface area contributed by atoms with Gasteiger partial charge in [0.05, 0.1) is 12.1 Å². The van der Waals surface area contributed by atoms with Crippen molar-refractivity contribution in [2.45, 2.75) is 13.0 Å². The Balaban J connectivity index is 1.29. The van der Waals surface area contributed by atoms with Crippen molar-refractivity contribution in [1.29, 1.82) is 0 Å². The number of ether oxygens (including phenoxy) is 1. The van der Waals surface area contributed by atoms with E-state index in [4.69, 9.17) is 20.8 Å². The highest BCUT2D eigenvalue weighted by atomic mass is 35.5. The topological polar surface area (TPSA) is 90.1 Å². The molecule has 1 N–H and O–H groups in total. The zero-order valence-electron chi connectivity index (χ0n) is 15.0. The molecule has 4 aromatic rings. The minimum absolute atomic E-state index is 0.147. The maximum absolute atomic E-state index is 12.3. The van der Waals surface area contributed by atoms with Gasteiger partial charge in [-0.25, -0.2) is 4.98 Å². The lowest BCUT2D eigenvalue weighted by atomic mass is 10.2. The van der Waals surface area contributed by atoms with E-state index in [2.05, 4.69) is 20.5 Å². The number of carbonyl (C=O) groups excluding carboxylic acids is 1. The summed E-state index contributed by atoms with van der Waals surface area (Å²) in [6.45, 7) is 0.338. The Morgan fingerprint density at radius 3 is 2.66 bits per heavy atom. The largest absolute Gasteiger partial charge is 0.486 e. The number of thiazole rings is 1. The van der Waals surface area contributed by atoms with Crippen molar-refractivity contribution in [3.05, 3.63) is 76.0 Å². The van der Waals surface area contributed by atoms with Crippen LogP contribution in [0, 0.1) is 0 Å². The van der Waals surface area contributed by atoms with Gasteiger partial charge in [0.25, 0.3) is 0 Å². The van der Waals surface area contributed by atoms with Crippen molar-refractivity contribution < 1.29 is 13.9 Å². The summed E-state index contributed by atoms with van der Waals surface area (Å²) in [5.41, 5.74) is 2.16. The highest BCUT2D eigenvalue weighted by Gasteiger charge is 2.10. The van der Waals surface area contributed by atoms with Gasteiger partial charge in [-0.05, 0) is 48.5 Å². The molecule has 0 atom stereocenters. The van der Waals surface area contributed by atoms with E-state index in [-0.39, 0.29) is 12.3 Å². The number of anilines is 1. The number of benzene rings is 2. The fraction of sp³-hybridized carbons (Fsp3) is 0.100. The van der Waals surface area contributed by atoms with E-state index < -0.39 is 0 Å². The highest BCUT2D eigenvalue weighted by molar-refractivity contribution is 7.09. The van der Waals surface area contributed by atoms with Crippen molar-refractivity contribution in [1.82, 2.24) is 15.2 Å². The van der Waals surface area contributed by atoms with Crippen LogP contribution in [-0.4, -0.2) is 21.1 Å². The second-order valence-corrected chi connectivity index (χ2v) is 7.40. The third-order valence-corrected chi connectivity index (χ3v) is 5.02. The number of rotatable bonds is 7. The Morgan fingerprint density at radius 2 is 1.93 bits per heavy atom. The third-order valence-electron chi connectivity index (χ3n) is 3.89. The number of halogens is 1. The maximum atomic E-state index is 12.3. The molecule has 146 valence electrons. The number of hydrogen-bond donors (Lipinski definition) is 1. The maximum Gasteiger partial charge on any atom is 0.247 e. The molecule has 0 bridgehead atoms. The molecule has 1 amide bonds. The Hall–Kier alpha value is -3.23. The summed E-state index contributed by atoms with van der Waals surface area (Å²) in [5.74, 6) is 0.998. The van der Waals surface area contributed by atoms with Crippen LogP contribution in [0.15, 0.2) is 64.7 Å². The van der Waals surface area contributed by atoms with Gasteiger partial charge in [-0.2, -0.15) is 0 Å². The Kier molecular flexibility index (Phi) is 5.83. The van der Waals surface area contributed by atoms with E-state index in [1.807, 2.05) is 5.38 Å². The molecule has 0 spiro atoms. The van der Waals surface area contributed by atoms with Crippen molar-refractivity contribution in [3.63, 3.8) is 0 Å². The number of hydrogen-bond acceptors (Lipinski definition) is 7. The summed E-state index contributed by atoms with van der Waals surface area (Å²) in [5, 5.41) is 13.7. The molecule has 0 aliphatic heterocycles. The van der Waals surface area contributed by atoms with E-state index >= 15 is 0 Å². The molecule has 7 nitrogen and oxygen atoms in total. The molecule has 0 saturated carbocycles. The first-order chi connectivity index (χ1) is 14.2. The Bertz CT molecular complexity index is 1080. The van der Waals surface area contributed by atoms with Crippen LogP contribution in [0.25, 0.3) is 11.5 Å². The van der Waals surface area contributed by atoms with E-state index in [0.29, 0.717) is 34.7 Å². The highest BCUT2D eigenvalue weighted by Crippen LogP contribution is 2.20. The van der Waals surface area contributed by atoms with E-state index in [1.165, 1.54) is 17.7 Å². The third kappa shape index (κ3) is 5.18. The average molecular weight is 427 g/mol. The number of carbonyl (C=O) groups is 1. The quantitative estimate of drug-likeness (QED) is 0.464. The van der Waals surface area contributed by atoms with Crippen LogP contribution in [0.4, 0.5) is 5.69 Å². The van der Waals surface area contributed by atoms with Crippen LogP contribution in [0.3, 0.4) is 0 Å². The molecule has 9 heteroatoms. The van der Waals surface area contributed by atoms with Gasteiger partial charge in [0.2, 0.25) is 18.2 Å². The van der Waals surface area contributed by atoms with E-state index in [9.17, 15) is 4.79 Å². The van der Waals surface area contributed by atoms with Gasteiger partial charge in [0, 0.05) is 21.7 Å². The first kappa shape index (κ1) is 19.1. The summed E-state index contributed by atoms with van der Waals surface area (Å²) in [6.07, 6.45) is 1.45. The molecule has 2 aromatic carbocycles. The molecular formula is C20H15ClN4O3S. The normalized spacial score (nSPS) is 10.7. The molecule has 29 heavy (non-hydrogen) atoms. The molecule has 2 aromatic heterocycles. The first-order valence-corrected chi connectivity index (χ1v) is 9.89. The lowest BCUT2D eigenvalue weighted by Crippen LogP contribution is -2.14. The van der Waals surface area contributed by atoms with Crippen molar-refractivity contribution in [3.8, 4) is 17.2 Å². The van der Waals surface area contributed by atoms with Gasteiger partial charge in [-0.3, -0.25) is 4.79 Å². The van der Waals surface area contributed by atoms with Crippen molar-refractivity contribution in [2.24, 2.45) is 0 Å². The number of nitrogens with one attached hydrogen (secondary N) is 1. The molecule has 0 fully saturated rings. The molecule has 4 rings (SSSR count). The van der Waals surface area contributed by atoms with Crippen LogP contribution < -0.4 is 10.1 Å². The predicted octanol–water partition coefficient (Wildman–Crippen LogP) is 4.61. The van der Waals surface area contributed by atoms with Gasteiger partial charge in [0.1, 0.15) is 17.4 Å². The smallest absolute Gasteiger partial charge is 0.247 e. The van der Waals surface area contributed by atoms with Gasteiger partial charge in [-0.1, -0.05) is 11.6 Å². The summed E-state index contributed by atoms with van der Waals surface area (Å²) in [7, 11) is 0. The summed E-state index contributed by atoms with van der Waals surface area (Å²) in [4.78, 5) is 16.7. The van der Waals surface area contributed by atoms with E-state index in [1.54, 1.807) is 48.5 Å². The molecule has 0 radical (unpaired) electrons. The van der Waals surface area contributed by atoms with Gasteiger partial charge < -0.3 is 14.5 Å². The van der Waals surface area contributed by atoms with Crippen molar-refractivity contribution in [2.75, 3.05) is 5.32 Å². The van der Waals surface area contributed by atoms with E-state index in [0.717, 1.165) is 10.6 Å². The molecule has 0 aliphatic carbocycles. The fourth-order valence-electron chi connectivity index (χ4n) is 2.54. The zero-order valence-corrected chi connectivity index (χ0v) is 16.6. The first-order valence-electron chi connectivity index (χ1n) is 8.64. The molecule has 0 saturated heterocycles. The number of aromatic nitrogens is 3. The second-order valence-electron chi connectivity index (χ2n) is 6.02. The van der Waals surface area contributed by atoms with Crippen LogP contribution >= 0.6 is 22.9 Å². The van der Waals surface area contributed by atoms with Crippen LogP contribution in [0.5, 0.6) is 5.75 Å². The average Bonchev–Trinajstić information content (AvgIpc) is 3.40.